The van der Waals surface area contributed by atoms with Crippen molar-refractivity contribution in [3.05, 3.63) is 46.5 Å². The Bertz CT molecular complexity index is 823. The molecule has 156 valence electrons. The van der Waals surface area contributed by atoms with Gasteiger partial charge >= 0.3 is 0 Å². The maximum atomic E-state index is 12.3. The molecular formula is C18H27IN4O3S2. The molecule has 0 amide bonds. The van der Waals surface area contributed by atoms with Gasteiger partial charge in [0.05, 0.1) is 18.1 Å². The van der Waals surface area contributed by atoms with Crippen LogP contribution in [0.5, 0.6) is 0 Å². The van der Waals surface area contributed by atoms with E-state index in [0.29, 0.717) is 39.1 Å². The Morgan fingerprint density at radius 2 is 2.25 bits per heavy atom. The van der Waals surface area contributed by atoms with Crippen LogP contribution in [0.4, 0.5) is 0 Å². The van der Waals surface area contributed by atoms with Gasteiger partial charge in [-0.25, -0.2) is 18.1 Å². The Kier molecular flexibility index (Phi) is 9.25. The van der Waals surface area contributed by atoms with Gasteiger partial charge in [-0.05, 0) is 30.0 Å². The summed E-state index contributed by atoms with van der Waals surface area (Å²) >= 11 is 1.67. The highest BCUT2D eigenvalue weighted by atomic mass is 127. The van der Waals surface area contributed by atoms with E-state index in [0.717, 1.165) is 18.1 Å². The molecule has 0 radical (unpaired) electrons. The highest BCUT2D eigenvalue weighted by Crippen LogP contribution is 2.17. The fourth-order valence-electron chi connectivity index (χ4n) is 3.07. The summed E-state index contributed by atoms with van der Waals surface area (Å²) in [5.41, 5.74) is 0. The molecule has 10 heteroatoms. The zero-order valence-electron chi connectivity index (χ0n) is 15.8. The molecule has 3 heterocycles. The van der Waals surface area contributed by atoms with Crippen LogP contribution in [0.3, 0.4) is 0 Å². The molecule has 0 spiro atoms. The first-order chi connectivity index (χ1) is 13.1. The lowest BCUT2D eigenvalue weighted by Crippen LogP contribution is -2.43. The molecule has 1 aliphatic heterocycles. The summed E-state index contributed by atoms with van der Waals surface area (Å²) < 4.78 is 32.6. The molecule has 0 aromatic carbocycles. The number of sulfonamides is 1. The first kappa shape index (κ1) is 23.2. The van der Waals surface area contributed by atoms with Crippen LogP contribution in [-0.4, -0.2) is 50.7 Å². The molecule has 2 aromatic rings. The minimum absolute atomic E-state index is 0. The molecular weight excluding hydrogens is 511 g/mol. The van der Waals surface area contributed by atoms with Crippen molar-refractivity contribution in [2.45, 2.75) is 31.6 Å². The maximum absolute atomic E-state index is 12.3. The number of halogens is 1. The highest BCUT2D eigenvalue weighted by Gasteiger charge is 2.34. The van der Waals surface area contributed by atoms with Crippen molar-refractivity contribution in [3.63, 3.8) is 0 Å². The van der Waals surface area contributed by atoms with E-state index in [1.165, 1.54) is 4.88 Å². The van der Waals surface area contributed by atoms with Crippen molar-refractivity contribution < 1.29 is 12.8 Å². The van der Waals surface area contributed by atoms with Gasteiger partial charge in [-0.2, -0.15) is 0 Å². The lowest BCUT2D eigenvalue weighted by atomic mass is 10.3. The van der Waals surface area contributed by atoms with E-state index in [4.69, 9.17) is 9.41 Å². The standard InChI is InChI=1S/C18H26N4O3S2.HI/c1-2-21-27(23,24)17-8-10-22(14-17)18(20-13-16-6-4-12-26-16)19-9-7-15-5-3-11-25-15;/h3-6,11-12,17,21H,2,7-10,13-14H2,1H3,(H,19,20);1H. The summed E-state index contributed by atoms with van der Waals surface area (Å²) in [4.78, 5) is 7.94. The summed E-state index contributed by atoms with van der Waals surface area (Å²) in [6.07, 6.45) is 3.02. The van der Waals surface area contributed by atoms with E-state index < -0.39 is 15.3 Å². The Balaban J connectivity index is 0.00000280. The molecule has 0 aliphatic carbocycles. The number of furan rings is 1. The van der Waals surface area contributed by atoms with Crippen LogP contribution in [0.2, 0.25) is 0 Å². The molecule has 7 nitrogen and oxygen atoms in total. The lowest BCUT2D eigenvalue weighted by Gasteiger charge is -2.22. The van der Waals surface area contributed by atoms with E-state index in [1.807, 2.05) is 28.5 Å². The summed E-state index contributed by atoms with van der Waals surface area (Å²) in [5.74, 6) is 1.67. The number of guanidine groups is 1. The normalized spacial score (nSPS) is 17.5. The highest BCUT2D eigenvalue weighted by molar-refractivity contribution is 14.0. The summed E-state index contributed by atoms with van der Waals surface area (Å²) in [6.45, 7) is 4.60. The second-order valence-corrected chi connectivity index (χ2v) is 9.45. The predicted molar refractivity (Wildman–Crippen MR) is 124 cm³/mol. The van der Waals surface area contributed by atoms with Crippen molar-refractivity contribution in [2.24, 2.45) is 4.99 Å². The smallest absolute Gasteiger partial charge is 0.216 e. The van der Waals surface area contributed by atoms with Crippen molar-refractivity contribution in [2.75, 3.05) is 26.2 Å². The lowest BCUT2D eigenvalue weighted by molar-refractivity contribution is 0.478. The van der Waals surface area contributed by atoms with E-state index in [9.17, 15) is 8.42 Å². The molecule has 1 fully saturated rings. The average Bonchev–Trinajstić information content (AvgIpc) is 3.40. The molecule has 1 saturated heterocycles. The fourth-order valence-corrected chi connectivity index (χ4v) is 5.13. The number of aliphatic imine (C=N–C) groups is 1. The quantitative estimate of drug-likeness (QED) is 0.307. The van der Waals surface area contributed by atoms with Crippen LogP contribution in [0.1, 0.15) is 24.0 Å². The SMILES string of the molecule is CCNS(=O)(=O)C1CCN(C(=NCc2cccs2)NCCc2ccco2)C1.I. The minimum atomic E-state index is -3.28. The van der Waals surface area contributed by atoms with E-state index in [-0.39, 0.29) is 24.0 Å². The monoisotopic (exact) mass is 538 g/mol. The molecule has 0 saturated carbocycles. The maximum Gasteiger partial charge on any atom is 0.216 e. The summed E-state index contributed by atoms with van der Waals surface area (Å²) in [7, 11) is -3.28. The molecule has 2 N–H and O–H groups in total. The molecule has 2 aromatic heterocycles. The third-order valence-electron chi connectivity index (χ3n) is 4.43. The zero-order chi connectivity index (χ0) is 19.1. The van der Waals surface area contributed by atoms with Crippen molar-refractivity contribution in [1.82, 2.24) is 14.9 Å². The topological polar surface area (TPSA) is 86.9 Å². The Hall–Kier alpha value is -1.11. The largest absolute Gasteiger partial charge is 0.469 e. The fraction of sp³-hybridized carbons (Fsp3) is 0.500. The molecule has 1 aliphatic rings. The van der Waals surface area contributed by atoms with Gasteiger partial charge in [0.1, 0.15) is 5.76 Å². The predicted octanol–water partition coefficient (Wildman–Crippen LogP) is 2.66. The van der Waals surface area contributed by atoms with Crippen LogP contribution < -0.4 is 10.0 Å². The van der Waals surface area contributed by atoms with E-state index in [2.05, 4.69) is 16.1 Å². The van der Waals surface area contributed by atoms with Crippen LogP contribution in [0, 0.1) is 0 Å². The summed E-state index contributed by atoms with van der Waals surface area (Å²) in [5, 5.41) is 5.00. The number of nitrogens with zero attached hydrogens (tertiary/aromatic N) is 2. The van der Waals surface area contributed by atoms with Crippen LogP contribution >= 0.6 is 35.3 Å². The van der Waals surface area contributed by atoms with Gasteiger partial charge in [0.15, 0.2) is 5.96 Å². The van der Waals surface area contributed by atoms with Gasteiger partial charge in [0.2, 0.25) is 10.0 Å². The molecule has 1 atom stereocenters. The molecule has 3 rings (SSSR count). The van der Waals surface area contributed by atoms with Gasteiger partial charge in [0.25, 0.3) is 0 Å². The number of likely N-dealkylation sites (tertiary alicyclic amines) is 1. The second kappa shape index (κ2) is 11.2. The Labute approximate surface area is 187 Å². The van der Waals surface area contributed by atoms with Crippen LogP contribution in [0.15, 0.2) is 45.3 Å². The van der Waals surface area contributed by atoms with Gasteiger partial charge in [-0.1, -0.05) is 13.0 Å². The number of hydrogen-bond acceptors (Lipinski definition) is 5. The van der Waals surface area contributed by atoms with Gasteiger partial charge in [-0.3, -0.25) is 0 Å². The zero-order valence-corrected chi connectivity index (χ0v) is 19.8. The third-order valence-corrected chi connectivity index (χ3v) is 7.24. The summed E-state index contributed by atoms with van der Waals surface area (Å²) in [6, 6.07) is 7.88. The van der Waals surface area contributed by atoms with Crippen LogP contribution in [0.25, 0.3) is 0 Å². The average molecular weight is 538 g/mol. The first-order valence-corrected chi connectivity index (χ1v) is 11.6. The molecule has 0 bridgehead atoms. The van der Waals surface area contributed by atoms with Crippen molar-refractivity contribution in [3.8, 4) is 0 Å². The van der Waals surface area contributed by atoms with Gasteiger partial charge in [0, 0.05) is 37.5 Å². The number of nitrogens with one attached hydrogen (secondary N) is 2. The van der Waals surface area contributed by atoms with Gasteiger partial charge < -0.3 is 14.6 Å². The number of hydrogen-bond donors (Lipinski definition) is 2. The number of rotatable bonds is 8. The Morgan fingerprint density at radius 1 is 1.39 bits per heavy atom. The minimum Gasteiger partial charge on any atom is -0.469 e. The van der Waals surface area contributed by atoms with Crippen molar-refractivity contribution in [1.29, 1.82) is 0 Å². The van der Waals surface area contributed by atoms with Crippen molar-refractivity contribution >= 4 is 51.3 Å². The van der Waals surface area contributed by atoms with E-state index >= 15 is 0 Å². The second-order valence-electron chi connectivity index (χ2n) is 6.37. The first-order valence-electron chi connectivity index (χ1n) is 9.15. The van der Waals surface area contributed by atoms with Gasteiger partial charge in [-0.15, -0.1) is 35.3 Å². The Morgan fingerprint density at radius 3 is 2.93 bits per heavy atom. The van der Waals surface area contributed by atoms with E-state index in [1.54, 1.807) is 24.5 Å². The third kappa shape index (κ3) is 6.46. The number of thiophene rings is 1. The van der Waals surface area contributed by atoms with Crippen LogP contribution in [-0.2, 0) is 23.0 Å². The molecule has 1 unspecified atom stereocenters. The molecule has 28 heavy (non-hydrogen) atoms.